The van der Waals surface area contributed by atoms with Crippen molar-refractivity contribution in [2.45, 2.75) is 5.75 Å². The third-order valence-corrected chi connectivity index (χ3v) is 4.11. The minimum absolute atomic E-state index is 0.0236. The van der Waals surface area contributed by atoms with Gasteiger partial charge in [-0.1, -0.05) is 29.3 Å². The van der Waals surface area contributed by atoms with Gasteiger partial charge in [-0.15, -0.1) is 0 Å². The first kappa shape index (κ1) is 15.0. The van der Waals surface area contributed by atoms with Crippen molar-refractivity contribution in [2.75, 3.05) is 0 Å². The normalized spacial score (nSPS) is 11.3. The van der Waals surface area contributed by atoms with Crippen LogP contribution in [0.15, 0.2) is 42.5 Å². The minimum atomic E-state index is -3.85. The molecule has 0 bridgehead atoms. The zero-order valence-electron chi connectivity index (χ0n) is 10.1. The fourth-order valence-electron chi connectivity index (χ4n) is 1.51. The highest BCUT2D eigenvalue weighted by molar-refractivity contribution is 7.86. The SMILES string of the molecule is O=S(=O)(Cc1ccc(Cl)cc1Cl)Oc1ccc(O)cc1. The first-order valence-electron chi connectivity index (χ1n) is 5.51. The molecular formula is C13H10Cl2O4S. The zero-order valence-corrected chi connectivity index (χ0v) is 12.4. The number of hydrogen-bond acceptors (Lipinski definition) is 4. The summed E-state index contributed by atoms with van der Waals surface area (Å²) in [5.41, 5.74) is 0.398. The topological polar surface area (TPSA) is 63.6 Å². The molecule has 2 aromatic rings. The number of halogens is 2. The molecular weight excluding hydrogens is 323 g/mol. The van der Waals surface area contributed by atoms with Gasteiger partial charge in [-0.2, -0.15) is 8.42 Å². The Morgan fingerprint density at radius 3 is 2.30 bits per heavy atom. The minimum Gasteiger partial charge on any atom is -0.508 e. The summed E-state index contributed by atoms with van der Waals surface area (Å²) in [5.74, 6) is -0.229. The molecule has 2 aromatic carbocycles. The lowest BCUT2D eigenvalue weighted by molar-refractivity contribution is 0.468. The summed E-state index contributed by atoms with van der Waals surface area (Å²) in [6.45, 7) is 0. The maximum atomic E-state index is 11.9. The Bertz CT molecular complexity index is 712. The molecule has 1 N–H and O–H groups in total. The highest BCUT2D eigenvalue weighted by atomic mass is 35.5. The molecule has 0 fully saturated rings. The summed E-state index contributed by atoms with van der Waals surface area (Å²) in [5, 5.41) is 9.80. The van der Waals surface area contributed by atoms with Gasteiger partial charge in [0, 0.05) is 10.0 Å². The monoisotopic (exact) mass is 332 g/mol. The molecule has 4 nitrogen and oxygen atoms in total. The first-order chi connectivity index (χ1) is 9.35. The van der Waals surface area contributed by atoms with E-state index in [0.29, 0.717) is 10.6 Å². The summed E-state index contributed by atoms with van der Waals surface area (Å²) in [7, 11) is -3.85. The second-order valence-electron chi connectivity index (χ2n) is 4.01. The van der Waals surface area contributed by atoms with Gasteiger partial charge in [0.25, 0.3) is 0 Å². The van der Waals surface area contributed by atoms with Gasteiger partial charge in [0.1, 0.15) is 17.3 Å². The molecule has 0 unspecified atom stereocenters. The van der Waals surface area contributed by atoms with Gasteiger partial charge in [0.2, 0.25) is 0 Å². The molecule has 0 amide bonds. The predicted molar refractivity (Wildman–Crippen MR) is 77.8 cm³/mol. The highest BCUT2D eigenvalue weighted by Gasteiger charge is 2.16. The molecule has 0 spiro atoms. The van der Waals surface area contributed by atoms with Crippen LogP contribution in [-0.4, -0.2) is 13.5 Å². The Hall–Kier alpha value is -1.43. The van der Waals surface area contributed by atoms with Gasteiger partial charge in [0.15, 0.2) is 0 Å². The van der Waals surface area contributed by atoms with E-state index in [1.807, 2.05) is 0 Å². The number of phenolic OH excluding ortho intramolecular Hbond substituents is 1. The lowest BCUT2D eigenvalue weighted by Crippen LogP contribution is -2.12. The quantitative estimate of drug-likeness (QED) is 0.868. The molecule has 106 valence electrons. The van der Waals surface area contributed by atoms with E-state index in [2.05, 4.69) is 0 Å². The van der Waals surface area contributed by atoms with Crippen LogP contribution in [0.25, 0.3) is 0 Å². The lowest BCUT2D eigenvalue weighted by Gasteiger charge is -2.08. The highest BCUT2D eigenvalue weighted by Crippen LogP contribution is 2.24. The van der Waals surface area contributed by atoms with E-state index in [4.69, 9.17) is 32.5 Å². The van der Waals surface area contributed by atoms with Crippen LogP contribution in [-0.2, 0) is 15.9 Å². The van der Waals surface area contributed by atoms with E-state index in [1.54, 1.807) is 6.07 Å². The summed E-state index contributed by atoms with van der Waals surface area (Å²) in [4.78, 5) is 0. The van der Waals surface area contributed by atoms with Crippen molar-refractivity contribution in [1.82, 2.24) is 0 Å². The van der Waals surface area contributed by atoms with E-state index in [-0.39, 0.29) is 22.3 Å². The van der Waals surface area contributed by atoms with Crippen LogP contribution >= 0.6 is 23.2 Å². The molecule has 0 saturated carbocycles. The second kappa shape index (κ2) is 5.91. The van der Waals surface area contributed by atoms with Crippen LogP contribution in [0.4, 0.5) is 0 Å². The first-order valence-corrected chi connectivity index (χ1v) is 7.84. The van der Waals surface area contributed by atoms with Gasteiger partial charge in [-0.25, -0.2) is 0 Å². The Balaban J connectivity index is 2.17. The molecule has 2 rings (SSSR count). The number of benzene rings is 2. The van der Waals surface area contributed by atoms with Crippen molar-refractivity contribution >= 4 is 33.3 Å². The molecule has 0 aliphatic rings. The second-order valence-corrected chi connectivity index (χ2v) is 6.43. The maximum Gasteiger partial charge on any atom is 0.313 e. The summed E-state index contributed by atoms with van der Waals surface area (Å²) in [6, 6.07) is 9.93. The van der Waals surface area contributed by atoms with Crippen LogP contribution < -0.4 is 4.18 Å². The van der Waals surface area contributed by atoms with Crippen molar-refractivity contribution in [3.63, 3.8) is 0 Å². The van der Waals surface area contributed by atoms with Crippen LogP contribution in [0.5, 0.6) is 11.5 Å². The van der Waals surface area contributed by atoms with Crippen molar-refractivity contribution < 1.29 is 17.7 Å². The fourth-order valence-corrected chi connectivity index (χ4v) is 3.16. The van der Waals surface area contributed by atoms with E-state index >= 15 is 0 Å². The largest absolute Gasteiger partial charge is 0.508 e. The molecule has 0 heterocycles. The molecule has 0 aromatic heterocycles. The van der Waals surface area contributed by atoms with Gasteiger partial charge < -0.3 is 9.29 Å². The molecule has 0 radical (unpaired) electrons. The van der Waals surface area contributed by atoms with Crippen molar-refractivity contribution in [3.8, 4) is 11.5 Å². The van der Waals surface area contributed by atoms with Crippen LogP contribution in [0.3, 0.4) is 0 Å². The van der Waals surface area contributed by atoms with Gasteiger partial charge >= 0.3 is 10.1 Å². The van der Waals surface area contributed by atoms with Crippen molar-refractivity contribution in [1.29, 1.82) is 0 Å². The Kier molecular flexibility index (Phi) is 4.42. The standard InChI is InChI=1S/C13H10Cl2O4S/c14-10-2-1-9(13(15)7-10)8-20(17,18)19-12-5-3-11(16)4-6-12/h1-7,16H,8H2. The zero-order chi connectivity index (χ0) is 14.8. The average molecular weight is 333 g/mol. The van der Waals surface area contributed by atoms with Gasteiger partial charge in [-0.05, 0) is 42.0 Å². The van der Waals surface area contributed by atoms with Crippen LogP contribution in [0, 0.1) is 0 Å². The lowest BCUT2D eigenvalue weighted by atomic mass is 10.2. The number of hydrogen-bond donors (Lipinski definition) is 1. The average Bonchev–Trinajstić information content (AvgIpc) is 2.35. The molecule has 0 atom stereocenters. The molecule has 20 heavy (non-hydrogen) atoms. The summed E-state index contributed by atoms with van der Waals surface area (Å²) < 4.78 is 28.7. The van der Waals surface area contributed by atoms with Crippen molar-refractivity contribution in [3.05, 3.63) is 58.1 Å². The molecule has 0 aliphatic carbocycles. The molecule has 0 saturated heterocycles. The molecule has 0 aliphatic heterocycles. The molecule has 7 heteroatoms. The Labute approximate surface area is 126 Å². The van der Waals surface area contributed by atoms with Gasteiger partial charge in [0.05, 0.1) is 0 Å². The van der Waals surface area contributed by atoms with E-state index in [1.165, 1.54) is 36.4 Å². The summed E-state index contributed by atoms with van der Waals surface area (Å²) >= 11 is 11.7. The van der Waals surface area contributed by atoms with E-state index in [9.17, 15) is 8.42 Å². The third kappa shape index (κ3) is 4.03. The van der Waals surface area contributed by atoms with E-state index in [0.717, 1.165) is 0 Å². The van der Waals surface area contributed by atoms with Crippen molar-refractivity contribution in [2.24, 2.45) is 0 Å². The van der Waals surface area contributed by atoms with Crippen LogP contribution in [0.2, 0.25) is 10.0 Å². The number of phenols is 1. The predicted octanol–water partition coefficient (Wildman–Crippen LogP) is 3.61. The van der Waals surface area contributed by atoms with E-state index < -0.39 is 10.1 Å². The fraction of sp³-hybridized carbons (Fsp3) is 0.0769. The smallest absolute Gasteiger partial charge is 0.313 e. The van der Waals surface area contributed by atoms with Crippen LogP contribution in [0.1, 0.15) is 5.56 Å². The Morgan fingerprint density at radius 2 is 1.70 bits per heavy atom. The summed E-state index contributed by atoms with van der Waals surface area (Å²) in [6.07, 6.45) is 0. The number of aromatic hydroxyl groups is 1. The maximum absolute atomic E-state index is 11.9. The number of rotatable bonds is 4. The third-order valence-electron chi connectivity index (χ3n) is 2.41. The Morgan fingerprint density at radius 1 is 1.05 bits per heavy atom. The van der Waals surface area contributed by atoms with Gasteiger partial charge in [-0.3, -0.25) is 0 Å².